The first kappa shape index (κ1) is 24.4. The highest BCUT2D eigenvalue weighted by Gasteiger charge is 2.32. The molecule has 2 amide bonds. The summed E-state index contributed by atoms with van der Waals surface area (Å²) in [5.74, 6) is -0.407. The molecule has 2 saturated heterocycles. The van der Waals surface area contributed by atoms with Crippen LogP contribution in [0.3, 0.4) is 0 Å². The third-order valence-corrected chi connectivity index (χ3v) is 8.52. The second kappa shape index (κ2) is 9.85. The average Bonchev–Trinajstić information content (AvgIpc) is 3.38. The second-order valence-electron chi connectivity index (χ2n) is 8.46. The van der Waals surface area contributed by atoms with E-state index in [9.17, 15) is 22.8 Å². The maximum atomic E-state index is 13.4. The Morgan fingerprint density at radius 1 is 1.09 bits per heavy atom. The molecular weight excluding hydrogens is 460 g/mol. The molecule has 0 radical (unpaired) electrons. The number of carbonyl (C=O) groups excluding carboxylic acids is 2. The van der Waals surface area contributed by atoms with E-state index >= 15 is 0 Å². The van der Waals surface area contributed by atoms with Gasteiger partial charge in [0, 0.05) is 62.8 Å². The predicted octanol–water partition coefficient (Wildman–Crippen LogP) is 1.02. The van der Waals surface area contributed by atoms with E-state index in [1.807, 2.05) is 0 Å². The van der Waals surface area contributed by atoms with Crippen LogP contribution < -0.4 is 5.56 Å². The molecule has 2 fully saturated rings. The molecule has 2 aliphatic heterocycles. The van der Waals surface area contributed by atoms with Gasteiger partial charge in [-0.2, -0.15) is 4.31 Å². The van der Waals surface area contributed by atoms with Crippen LogP contribution in [0, 0.1) is 0 Å². The van der Waals surface area contributed by atoms with E-state index in [4.69, 9.17) is 4.74 Å². The first-order valence-corrected chi connectivity index (χ1v) is 13.1. The van der Waals surface area contributed by atoms with Crippen LogP contribution in [0.2, 0.25) is 0 Å². The first-order chi connectivity index (χ1) is 16.3. The number of rotatable bonds is 6. The number of aromatic amines is 1. The second-order valence-corrected chi connectivity index (χ2v) is 10.4. The van der Waals surface area contributed by atoms with Gasteiger partial charge in [-0.3, -0.25) is 14.4 Å². The normalized spacial score (nSPS) is 19.2. The minimum atomic E-state index is -3.73. The highest BCUT2D eigenvalue weighted by Crippen LogP contribution is 2.24. The van der Waals surface area contributed by atoms with Crippen LogP contribution in [-0.2, 0) is 19.6 Å². The number of nitrogens with one attached hydrogen (secondary N) is 1. The minimum absolute atomic E-state index is 0.0440. The fourth-order valence-electron chi connectivity index (χ4n) is 4.56. The van der Waals surface area contributed by atoms with Crippen molar-refractivity contribution in [2.45, 2.75) is 37.7 Å². The van der Waals surface area contributed by atoms with Gasteiger partial charge in [0.05, 0.1) is 10.5 Å². The quantitative estimate of drug-likeness (QED) is 0.646. The van der Waals surface area contributed by atoms with E-state index in [1.54, 1.807) is 23.6 Å². The van der Waals surface area contributed by atoms with Crippen molar-refractivity contribution in [2.24, 2.45) is 0 Å². The summed E-state index contributed by atoms with van der Waals surface area (Å²) >= 11 is 0. The first-order valence-electron chi connectivity index (χ1n) is 11.6. The Balaban J connectivity index is 1.60. The van der Waals surface area contributed by atoms with Crippen molar-refractivity contribution in [2.75, 3.05) is 45.9 Å². The fourth-order valence-corrected chi connectivity index (χ4v) is 6.04. The van der Waals surface area contributed by atoms with Crippen molar-refractivity contribution in [1.29, 1.82) is 0 Å². The zero-order chi connectivity index (χ0) is 24.5. The topological polar surface area (TPSA) is 120 Å². The molecule has 0 bridgehead atoms. The number of benzene rings is 1. The number of piperazine rings is 1. The lowest BCUT2D eigenvalue weighted by Gasteiger charge is -2.35. The molecule has 1 atom stereocenters. The lowest BCUT2D eigenvalue weighted by atomic mass is 10.1. The molecular formula is C23H30N4O6S. The van der Waals surface area contributed by atoms with Crippen molar-refractivity contribution in [3.8, 4) is 0 Å². The van der Waals surface area contributed by atoms with Gasteiger partial charge in [-0.25, -0.2) is 8.42 Å². The number of ether oxygens (including phenoxy) is 1. The predicted molar refractivity (Wildman–Crippen MR) is 126 cm³/mol. The minimum Gasteiger partial charge on any atom is -0.368 e. The Morgan fingerprint density at radius 2 is 1.76 bits per heavy atom. The third kappa shape index (κ3) is 4.59. The number of nitrogens with zero attached hydrogens (tertiary/aromatic N) is 3. The van der Waals surface area contributed by atoms with Gasteiger partial charge in [-0.15, -0.1) is 0 Å². The molecule has 10 nitrogen and oxygen atoms in total. The van der Waals surface area contributed by atoms with Gasteiger partial charge in [0.25, 0.3) is 11.8 Å². The number of fused-ring (bicyclic) bond motifs is 1. The lowest BCUT2D eigenvalue weighted by Crippen LogP contribution is -2.52. The van der Waals surface area contributed by atoms with Gasteiger partial charge in [-0.1, -0.05) is 13.8 Å². The van der Waals surface area contributed by atoms with Crippen molar-refractivity contribution in [3.05, 3.63) is 40.2 Å². The molecule has 34 heavy (non-hydrogen) atoms. The van der Waals surface area contributed by atoms with Crippen LogP contribution >= 0.6 is 0 Å². The van der Waals surface area contributed by atoms with E-state index in [1.165, 1.54) is 28.6 Å². The summed E-state index contributed by atoms with van der Waals surface area (Å²) in [6, 6.07) is 5.61. The van der Waals surface area contributed by atoms with Gasteiger partial charge in [-0.05, 0) is 31.0 Å². The van der Waals surface area contributed by atoms with E-state index in [0.717, 1.165) is 12.8 Å². The number of H-pyrrole nitrogens is 1. The van der Waals surface area contributed by atoms with Crippen LogP contribution in [0.15, 0.2) is 34.0 Å². The maximum Gasteiger partial charge on any atom is 0.254 e. The SMILES string of the molecule is CCN(CC)S(=O)(=O)c1ccc2[nH]c(=O)cc(C(=O)N3CCN(C(=O)C4CCCO4)CC3)c2c1. The molecule has 11 heteroatoms. The van der Waals surface area contributed by atoms with Crippen molar-refractivity contribution >= 4 is 32.7 Å². The standard InChI is InChI=1S/C23H30N4O6S/c1-3-27(4-2)34(31,32)16-7-8-19-17(14-16)18(15-21(28)24-19)22(29)25-9-11-26(12-10-25)23(30)20-6-5-13-33-20/h7-8,14-15,20H,3-6,9-13H2,1-2H3,(H,24,28). The fraction of sp³-hybridized carbons (Fsp3) is 0.522. The lowest BCUT2D eigenvalue weighted by molar-refractivity contribution is -0.142. The van der Waals surface area contributed by atoms with E-state index in [2.05, 4.69) is 4.98 Å². The Labute approximate surface area is 198 Å². The number of carbonyl (C=O) groups is 2. The number of sulfonamides is 1. The van der Waals surface area contributed by atoms with Gasteiger partial charge in [0.2, 0.25) is 15.6 Å². The van der Waals surface area contributed by atoms with Gasteiger partial charge >= 0.3 is 0 Å². The monoisotopic (exact) mass is 490 g/mol. The van der Waals surface area contributed by atoms with E-state index < -0.39 is 21.7 Å². The summed E-state index contributed by atoms with van der Waals surface area (Å²) in [6.45, 7) is 6.17. The summed E-state index contributed by atoms with van der Waals surface area (Å²) in [6.07, 6.45) is 1.19. The maximum absolute atomic E-state index is 13.4. The van der Waals surface area contributed by atoms with Crippen LogP contribution in [-0.4, -0.2) is 91.3 Å². The summed E-state index contributed by atoms with van der Waals surface area (Å²) in [5, 5.41) is 0.371. The van der Waals surface area contributed by atoms with Crippen molar-refractivity contribution < 1.29 is 22.7 Å². The smallest absolute Gasteiger partial charge is 0.254 e. The molecule has 4 rings (SSSR count). The zero-order valence-corrected chi connectivity index (χ0v) is 20.3. The molecule has 1 unspecified atom stereocenters. The molecule has 1 aromatic carbocycles. The number of aromatic nitrogens is 1. The summed E-state index contributed by atoms with van der Waals surface area (Å²) in [7, 11) is -3.73. The number of hydrogen-bond donors (Lipinski definition) is 1. The van der Waals surface area contributed by atoms with Gasteiger partial charge in [0.1, 0.15) is 6.10 Å². The molecule has 3 heterocycles. The molecule has 0 spiro atoms. The van der Waals surface area contributed by atoms with Crippen molar-refractivity contribution in [3.63, 3.8) is 0 Å². The summed E-state index contributed by atoms with van der Waals surface area (Å²) in [4.78, 5) is 44.3. The Kier molecular flexibility index (Phi) is 7.06. The Hall–Kier alpha value is -2.76. The Bertz CT molecular complexity index is 1240. The van der Waals surface area contributed by atoms with Crippen LogP contribution in [0.1, 0.15) is 37.0 Å². The number of hydrogen-bond acceptors (Lipinski definition) is 6. The van der Waals surface area contributed by atoms with E-state index in [0.29, 0.717) is 56.8 Å². The molecule has 0 saturated carbocycles. The summed E-state index contributed by atoms with van der Waals surface area (Å²) in [5.41, 5.74) is 0.0955. The van der Waals surface area contributed by atoms with Gasteiger partial charge < -0.3 is 19.5 Å². The molecule has 2 aromatic rings. The third-order valence-electron chi connectivity index (χ3n) is 6.47. The summed E-state index contributed by atoms with van der Waals surface area (Å²) < 4.78 is 32.8. The number of amides is 2. The largest absolute Gasteiger partial charge is 0.368 e. The highest BCUT2D eigenvalue weighted by molar-refractivity contribution is 7.89. The van der Waals surface area contributed by atoms with Crippen LogP contribution in [0.5, 0.6) is 0 Å². The highest BCUT2D eigenvalue weighted by atomic mass is 32.2. The zero-order valence-electron chi connectivity index (χ0n) is 19.5. The molecule has 2 aliphatic rings. The van der Waals surface area contributed by atoms with Crippen molar-refractivity contribution in [1.82, 2.24) is 19.1 Å². The van der Waals surface area contributed by atoms with Gasteiger partial charge in [0.15, 0.2) is 0 Å². The van der Waals surface area contributed by atoms with Crippen LogP contribution in [0.4, 0.5) is 0 Å². The van der Waals surface area contributed by atoms with E-state index in [-0.39, 0.29) is 22.3 Å². The molecule has 0 aliphatic carbocycles. The Morgan fingerprint density at radius 3 is 2.38 bits per heavy atom. The molecule has 1 aromatic heterocycles. The molecule has 184 valence electrons. The van der Waals surface area contributed by atoms with Crippen LogP contribution in [0.25, 0.3) is 10.9 Å². The molecule has 1 N–H and O–H groups in total. The average molecular weight is 491 g/mol. The number of pyridine rings is 1.